The maximum Gasteiger partial charge on any atom is 0.254 e. The van der Waals surface area contributed by atoms with Crippen molar-refractivity contribution in [1.29, 1.82) is 0 Å². The minimum absolute atomic E-state index is 0.0236. The molecule has 0 bridgehead atoms. The van der Waals surface area contributed by atoms with E-state index in [1.807, 2.05) is 36.1 Å². The molecule has 3 aliphatic rings. The first-order valence-corrected chi connectivity index (χ1v) is 9.40. The van der Waals surface area contributed by atoms with E-state index < -0.39 is 0 Å². The van der Waals surface area contributed by atoms with Crippen LogP contribution < -0.4 is 0 Å². The smallest absolute Gasteiger partial charge is 0.254 e. The number of benzene rings is 1. The van der Waals surface area contributed by atoms with Crippen molar-refractivity contribution in [2.75, 3.05) is 32.8 Å². The Bertz CT molecular complexity index is 601. The number of carbonyl (C=O) groups excluding carboxylic acids is 1. The number of hydrogen-bond donors (Lipinski definition) is 0. The topological polar surface area (TPSA) is 32.8 Å². The van der Waals surface area contributed by atoms with Gasteiger partial charge in [-0.2, -0.15) is 0 Å². The number of amides is 1. The van der Waals surface area contributed by atoms with Gasteiger partial charge in [-0.25, -0.2) is 0 Å². The SMILES string of the molecule is Cc1ccccc1C(=O)N1CCC2(CC1)C[C@H](N1CCCC1)CO2. The molecular weight excluding hydrogens is 300 g/mol. The molecule has 1 spiro atoms. The van der Waals surface area contributed by atoms with Crippen LogP contribution in [0.25, 0.3) is 0 Å². The van der Waals surface area contributed by atoms with Gasteiger partial charge in [-0.3, -0.25) is 9.69 Å². The summed E-state index contributed by atoms with van der Waals surface area (Å²) in [5.74, 6) is 0.178. The number of rotatable bonds is 2. The Kier molecular flexibility index (Phi) is 4.35. The molecule has 3 heterocycles. The molecule has 130 valence electrons. The Morgan fingerprint density at radius 3 is 2.54 bits per heavy atom. The van der Waals surface area contributed by atoms with Gasteiger partial charge in [0, 0.05) is 24.7 Å². The van der Waals surface area contributed by atoms with Crippen LogP contribution >= 0.6 is 0 Å². The van der Waals surface area contributed by atoms with E-state index in [0.29, 0.717) is 6.04 Å². The van der Waals surface area contributed by atoms with Gasteiger partial charge in [0.1, 0.15) is 0 Å². The maximum absolute atomic E-state index is 12.8. The number of likely N-dealkylation sites (tertiary alicyclic amines) is 2. The average Bonchev–Trinajstić information content (AvgIpc) is 3.26. The van der Waals surface area contributed by atoms with Crippen molar-refractivity contribution in [2.45, 2.75) is 50.7 Å². The van der Waals surface area contributed by atoms with E-state index in [1.54, 1.807) is 0 Å². The summed E-state index contributed by atoms with van der Waals surface area (Å²) in [5.41, 5.74) is 1.93. The quantitative estimate of drug-likeness (QED) is 0.837. The van der Waals surface area contributed by atoms with E-state index in [9.17, 15) is 4.79 Å². The van der Waals surface area contributed by atoms with Crippen molar-refractivity contribution in [3.63, 3.8) is 0 Å². The number of aryl methyl sites for hydroxylation is 1. The highest BCUT2D eigenvalue weighted by atomic mass is 16.5. The van der Waals surface area contributed by atoms with Crippen LogP contribution in [-0.4, -0.2) is 60.1 Å². The molecule has 1 atom stereocenters. The van der Waals surface area contributed by atoms with Crippen LogP contribution in [0.3, 0.4) is 0 Å². The van der Waals surface area contributed by atoms with Gasteiger partial charge in [-0.15, -0.1) is 0 Å². The van der Waals surface area contributed by atoms with Gasteiger partial charge in [0.15, 0.2) is 0 Å². The summed E-state index contributed by atoms with van der Waals surface area (Å²) in [6, 6.07) is 8.50. The molecule has 3 aliphatic heterocycles. The molecule has 1 amide bonds. The second-order valence-corrected chi connectivity index (χ2v) is 7.70. The van der Waals surface area contributed by atoms with Gasteiger partial charge in [0.25, 0.3) is 5.91 Å². The third kappa shape index (κ3) is 2.98. The second kappa shape index (κ2) is 6.49. The van der Waals surface area contributed by atoms with Crippen LogP contribution in [0.15, 0.2) is 24.3 Å². The zero-order chi connectivity index (χ0) is 16.6. The fourth-order valence-corrected chi connectivity index (χ4v) is 4.61. The zero-order valence-corrected chi connectivity index (χ0v) is 14.7. The van der Waals surface area contributed by atoms with Crippen molar-refractivity contribution < 1.29 is 9.53 Å². The Balaban J connectivity index is 1.37. The van der Waals surface area contributed by atoms with Crippen LogP contribution in [-0.2, 0) is 4.74 Å². The lowest BCUT2D eigenvalue weighted by molar-refractivity contribution is -0.0393. The molecule has 0 N–H and O–H groups in total. The highest BCUT2D eigenvalue weighted by Crippen LogP contribution is 2.38. The van der Waals surface area contributed by atoms with E-state index in [0.717, 1.165) is 50.1 Å². The minimum atomic E-state index is 0.0236. The summed E-state index contributed by atoms with van der Waals surface area (Å²) in [5, 5.41) is 0. The van der Waals surface area contributed by atoms with Crippen molar-refractivity contribution in [2.24, 2.45) is 0 Å². The lowest BCUT2D eigenvalue weighted by Gasteiger charge is -2.39. The monoisotopic (exact) mass is 328 g/mol. The molecule has 0 aromatic heterocycles. The first-order valence-electron chi connectivity index (χ1n) is 9.40. The van der Waals surface area contributed by atoms with Crippen LogP contribution in [0, 0.1) is 6.92 Å². The third-order valence-corrected chi connectivity index (χ3v) is 6.18. The molecule has 1 aromatic rings. The van der Waals surface area contributed by atoms with E-state index >= 15 is 0 Å². The second-order valence-electron chi connectivity index (χ2n) is 7.70. The van der Waals surface area contributed by atoms with E-state index in [1.165, 1.54) is 25.9 Å². The minimum Gasteiger partial charge on any atom is -0.373 e. The lowest BCUT2D eigenvalue weighted by Crippen LogP contribution is -2.47. The largest absolute Gasteiger partial charge is 0.373 e. The van der Waals surface area contributed by atoms with Gasteiger partial charge in [0.05, 0.1) is 12.2 Å². The molecule has 0 unspecified atom stereocenters. The highest BCUT2D eigenvalue weighted by Gasteiger charge is 2.45. The Morgan fingerprint density at radius 2 is 1.83 bits per heavy atom. The first kappa shape index (κ1) is 16.1. The first-order chi connectivity index (χ1) is 11.7. The summed E-state index contributed by atoms with van der Waals surface area (Å²) in [7, 11) is 0. The number of nitrogens with zero attached hydrogens (tertiary/aromatic N) is 2. The number of ether oxygens (including phenoxy) is 1. The van der Waals surface area contributed by atoms with E-state index in [-0.39, 0.29) is 11.5 Å². The Hall–Kier alpha value is -1.39. The molecule has 1 aromatic carbocycles. The van der Waals surface area contributed by atoms with Gasteiger partial charge < -0.3 is 9.64 Å². The predicted octanol–water partition coefficient (Wildman–Crippen LogP) is 2.85. The highest BCUT2D eigenvalue weighted by molar-refractivity contribution is 5.95. The van der Waals surface area contributed by atoms with Crippen molar-refractivity contribution in [3.05, 3.63) is 35.4 Å². The number of piperidine rings is 1. The van der Waals surface area contributed by atoms with Crippen LogP contribution in [0.2, 0.25) is 0 Å². The van der Waals surface area contributed by atoms with Crippen LogP contribution in [0.4, 0.5) is 0 Å². The summed E-state index contributed by atoms with van der Waals surface area (Å²) < 4.78 is 6.28. The molecule has 24 heavy (non-hydrogen) atoms. The van der Waals surface area contributed by atoms with E-state index in [4.69, 9.17) is 4.74 Å². The van der Waals surface area contributed by atoms with Gasteiger partial charge >= 0.3 is 0 Å². The van der Waals surface area contributed by atoms with Gasteiger partial charge in [-0.1, -0.05) is 18.2 Å². The van der Waals surface area contributed by atoms with E-state index in [2.05, 4.69) is 4.90 Å². The average molecular weight is 328 g/mol. The molecule has 0 radical (unpaired) electrons. The molecule has 4 nitrogen and oxygen atoms in total. The lowest BCUT2D eigenvalue weighted by atomic mass is 9.87. The van der Waals surface area contributed by atoms with Gasteiger partial charge in [-0.05, 0) is 63.7 Å². The third-order valence-electron chi connectivity index (χ3n) is 6.18. The molecule has 0 saturated carbocycles. The molecule has 0 aliphatic carbocycles. The molecule has 3 fully saturated rings. The Morgan fingerprint density at radius 1 is 1.12 bits per heavy atom. The summed E-state index contributed by atoms with van der Waals surface area (Å²) in [4.78, 5) is 17.4. The molecule has 4 rings (SSSR count). The fourth-order valence-electron chi connectivity index (χ4n) is 4.61. The van der Waals surface area contributed by atoms with Gasteiger partial charge in [0.2, 0.25) is 0 Å². The maximum atomic E-state index is 12.8. The summed E-state index contributed by atoms with van der Waals surface area (Å²) >= 11 is 0. The summed E-state index contributed by atoms with van der Waals surface area (Å²) in [6.07, 6.45) is 5.79. The Labute approximate surface area is 144 Å². The normalized spacial score (nSPS) is 27.0. The van der Waals surface area contributed by atoms with Crippen molar-refractivity contribution >= 4 is 5.91 Å². The molecule has 4 heteroatoms. The van der Waals surface area contributed by atoms with Crippen LogP contribution in [0.1, 0.15) is 48.0 Å². The summed E-state index contributed by atoms with van der Waals surface area (Å²) in [6.45, 7) is 7.01. The van der Waals surface area contributed by atoms with Crippen molar-refractivity contribution in [1.82, 2.24) is 9.80 Å². The van der Waals surface area contributed by atoms with Crippen molar-refractivity contribution in [3.8, 4) is 0 Å². The van der Waals surface area contributed by atoms with Crippen LogP contribution in [0.5, 0.6) is 0 Å². The predicted molar refractivity (Wildman–Crippen MR) is 94.2 cm³/mol. The molecular formula is C20H28N2O2. The standard InChI is InChI=1S/C20H28N2O2/c1-16-6-2-3-7-18(16)19(23)22-12-8-20(9-13-22)14-17(15-24-20)21-10-4-5-11-21/h2-3,6-7,17H,4-5,8-15H2,1H3/t17-/m0/s1. The molecule has 3 saturated heterocycles. The number of carbonyl (C=O) groups is 1. The number of hydrogen-bond acceptors (Lipinski definition) is 3. The zero-order valence-electron chi connectivity index (χ0n) is 14.7. The fraction of sp³-hybridized carbons (Fsp3) is 0.650.